The van der Waals surface area contributed by atoms with Gasteiger partial charge < -0.3 is 10.1 Å². The first-order chi connectivity index (χ1) is 11.0. The first-order valence-corrected chi connectivity index (χ1v) is 8.38. The van der Waals surface area contributed by atoms with Gasteiger partial charge in [-0.05, 0) is 58.0 Å². The molecule has 6 heteroatoms. The monoisotopic (exact) mass is 331 g/mol. The van der Waals surface area contributed by atoms with E-state index in [0.29, 0.717) is 12.4 Å². The molecule has 0 aliphatic carbocycles. The fourth-order valence-electron chi connectivity index (χ4n) is 2.02. The Morgan fingerprint density at radius 1 is 1.26 bits per heavy atom. The van der Waals surface area contributed by atoms with E-state index in [2.05, 4.69) is 15.3 Å². The first-order valence-electron chi connectivity index (χ1n) is 7.50. The molecule has 23 heavy (non-hydrogen) atoms. The van der Waals surface area contributed by atoms with Crippen molar-refractivity contribution >= 4 is 23.4 Å². The molecule has 1 aromatic heterocycles. The van der Waals surface area contributed by atoms with E-state index in [1.54, 1.807) is 0 Å². The van der Waals surface area contributed by atoms with E-state index in [0.717, 1.165) is 22.2 Å². The van der Waals surface area contributed by atoms with Gasteiger partial charge in [0, 0.05) is 11.4 Å². The largest absolute Gasteiger partial charge is 0.494 e. The smallest absolute Gasteiger partial charge is 0.237 e. The molecule has 0 saturated heterocycles. The van der Waals surface area contributed by atoms with E-state index in [1.807, 2.05) is 58.0 Å². The number of carbonyl (C=O) groups excluding carboxylic acids is 1. The standard InChI is InChI=1S/C17H21N3O2S/c1-5-22-15-8-6-14(7-9-15)20-17(21)12(3)23-16-10-11(2)18-13(4)19-16/h6-10,12H,5H2,1-4H3,(H,20,21)/t12-/m1/s1. The lowest BCUT2D eigenvalue weighted by Gasteiger charge is -2.12. The average Bonchev–Trinajstić information content (AvgIpc) is 2.48. The highest BCUT2D eigenvalue weighted by Crippen LogP contribution is 2.23. The summed E-state index contributed by atoms with van der Waals surface area (Å²) in [6.45, 7) is 8.19. The van der Waals surface area contributed by atoms with Crippen LogP contribution in [-0.2, 0) is 4.79 Å². The lowest BCUT2D eigenvalue weighted by Crippen LogP contribution is -2.22. The molecule has 0 saturated carbocycles. The van der Waals surface area contributed by atoms with Crippen molar-refractivity contribution in [3.63, 3.8) is 0 Å². The molecule has 0 bridgehead atoms. The third kappa shape index (κ3) is 5.25. The Kier molecular flexibility index (Phi) is 5.98. The Morgan fingerprint density at radius 3 is 2.57 bits per heavy atom. The van der Waals surface area contributed by atoms with Crippen LogP contribution in [0, 0.1) is 13.8 Å². The summed E-state index contributed by atoms with van der Waals surface area (Å²) in [5.74, 6) is 1.44. The SMILES string of the molecule is CCOc1ccc(NC(=O)[C@@H](C)Sc2cc(C)nc(C)n2)cc1. The van der Waals surface area contributed by atoms with Crippen molar-refractivity contribution in [2.75, 3.05) is 11.9 Å². The molecule has 2 aromatic rings. The third-order valence-corrected chi connectivity index (χ3v) is 4.06. The number of benzene rings is 1. The predicted molar refractivity (Wildman–Crippen MR) is 93.1 cm³/mol. The van der Waals surface area contributed by atoms with Crippen LogP contribution in [0.5, 0.6) is 5.75 Å². The number of anilines is 1. The fraction of sp³-hybridized carbons (Fsp3) is 0.353. The zero-order chi connectivity index (χ0) is 16.8. The molecule has 0 aliphatic rings. The molecule has 2 rings (SSSR count). The minimum Gasteiger partial charge on any atom is -0.494 e. The van der Waals surface area contributed by atoms with Crippen molar-refractivity contribution in [2.45, 2.75) is 38.0 Å². The van der Waals surface area contributed by atoms with Crippen LogP contribution in [0.3, 0.4) is 0 Å². The summed E-state index contributed by atoms with van der Waals surface area (Å²) in [6, 6.07) is 9.24. The molecular weight excluding hydrogens is 310 g/mol. The van der Waals surface area contributed by atoms with Gasteiger partial charge in [0.1, 0.15) is 16.6 Å². The maximum Gasteiger partial charge on any atom is 0.237 e. The number of hydrogen-bond donors (Lipinski definition) is 1. The van der Waals surface area contributed by atoms with Crippen molar-refractivity contribution in [3.8, 4) is 5.75 Å². The molecule has 0 aliphatic heterocycles. The lowest BCUT2D eigenvalue weighted by molar-refractivity contribution is -0.115. The molecule has 1 amide bonds. The summed E-state index contributed by atoms with van der Waals surface area (Å²) in [6.07, 6.45) is 0. The second-order valence-corrected chi connectivity index (χ2v) is 6.46. The highest BCUT2D eigenvalue weighted by atomic mass is 32.2. The number of thioether (sulfide) groups is 1. The van der Waals surface area contributed by atoms with Gasteiger partial charge in [-0.3, -0.25) is 4.79 Å². The highest BCUT2D eigenvalue weighted by molar-refractivity contribution is 8.00. The molecular formula is C17H21N3O2S. The highest BCUT2D eigenvalue weighted by Gasteiger charge is 2.16. The van der Waals surface area contributed by atoms with Crippen LogP contribution >= 0.6 is 11.8 Å². The van der Waals surface area contributed by atoms with Crippen LogP contribution in [0.2, 0.25) is 0 Å². The van der Waals surface area contributed by atoms with Crippen molar-refractivity contribution < 1.29 is 9.53 Å². The quantitative estimate of drug-likeness (QED) is 0.647. The summed E-state index contributed by atoms with van der Waals surface area (Å²) in [5.41, 5.74) is 1.65. The van der Waals surface area contributed by atoms with Crippen molar-refractivity contribution in [3.05, 3.63) is 41.9 Å². The fourth-order valence-corrected chi connectivity index (χ4v) is 2.97. The minimum atomic E-state index is -0.254. The average molecular weight is 331 g/mol. The summed E-state index contributed by atoms with van der Waals surface area (Å²) in [7, 11) is 0. The second-order valence-electron chi connectivity index (χ2n) is 5.10. The van der Waals surface area contributed by atoms with Crippen molar-refractivity contribution in [1.82, 2.24) is 9.97 Å². The van der Waals surface area contributed by atoms with Gasteiger partial charge in [-0.1, -0.05) is 11.8 Å². The van der Waals surface area contributed by atoms with Gasteiger partial charge in [-0.25, -0.2) is 9.97 Å². The lowest BCUT2D eigenvalue weighted by atomic mass is 10.3. The number of rotatable bonds is 6. The summed E-state index contributed by atoms with van der Waals surface area (Å²) >= 11 is 1.42. The van der Waals surface area contributed by atoms with Gasteiger partial charge in [-0.15, -0.1) is 0 Å². The first kappa shape index (κ1) is 17.3. The van der Waals surface area contributed by atoms with Gasteiger partial charge >= 0.3 is 0 Å². The number of aryl methyl sites for hydroxylation is 2. The molecule has 0 unspecified atom stereocenters. The van der Waals surface area contributed by atoms with Crippen LogP contribution in [0.25, 0.3) is 0 Å². The van der Waals surface area contributed by atoms with Gasteiger partial charge in [0.2, 0.25) is 5.91 Å². The van der Waals surface area contributed by atoms with Crippen LogP contribution in [0.1, 0.15) is 25.4 Å². The van der Waals surface area contributed by atoms with E-state index in [1.165, 1.54) is 11.8 Å². The van der Waals surface area contributed by atoms with Crippen LogP contribution in [0.4, 0.5) is 5.69 Å². The minimum absolute atomic E-state index is 0.0620. The van der Waals surface area contributed by atoms with E-state index in [-0.39, 0.29) is 11.2 Å². The molecule has 0 radical (unpaired) electrons. The van der Waals surface area contributed by atoms with Crippen molar-refractivity contribution in [1.29, 1.82) is 0 Å². The number of carbonyl (C=O) groups is 1. The Morgan fingerprint density at radius 2 is 1.96 bits per heavy atom. The Hall–Kier alpha value is -2.08. The zero-order valence-corrected chi connectivity index (χ0v) is 14.6. The van der Waals surface area contributed by atoms with Gasteiger partial charge in [0.05, 0.1) is 11.9 Å². The number of amides is 1. The maximum atomic E-state index is 12.3. The Balaban J connectivity index is 1.96. The molecule has 0 spiro atoms. The molecule has 0 fully saturated rings. The summed E-state index contributed by atoms with van der Waals surface area (Å²) in [4.78, 5) is 20.9. The normalized spacial score (nSPS) is 11.8. The number of nitrogens with one attached hydrogen (secondary N) is 1. The maximum absolute atomic E-state index is 12.3. The Labute approximate surface area is 140 Å². The van der Waals surface area contributed by atoms with E-state index < -0.39 is 0 Å². The molecule has 1 atom stereocenters. The van der Waals surface area contributed by atoms with Gasteiger partial charge in [0.25, 0.3) is 0 Å². The van der Waals surface area contributed by atoms with Crippen LogP contribution in [0.15, 0.2) is 35.4 Å². The van der Waals surface area contributed by atoms with Crippen molar-refractivity contribution in [2.24, 2.45) is 0 Å². The van der Waals surface area contributed by atoms with Gasteiger partial charge in [-0.2, -0.15) is 0 Å². The third-order valence-electron chi connectivity index (χ3n) is 3.04. The topological polar surface area (TPSA) is 64.1 Å². The molecule has 1 heterocycles. The number of nitrogens with zero attached hydrogens (tertiary/aromatic N) is 2. The zero-order valence-electron chi connectivity index (χ0n) is 13.8. The molecule has 1 N–H and O–H groups in total. The number of hydrogen-bond acceptors (Lipinski definition) is 5. The van der Waals surface area contributed by atoms with E-state index >= 15 is 0 Å². The second kappa shape index (κ2) is 7.97. The number of aromatic nitrogens is 2. The van der Waals surface area contributed by atoms with Gasteiger partial charge in [0.15, 0.2) is 0 Å². The predicted octanol–water partition coefficient (Wildman–Crippen LogP) is 3.61. The van der Waals surface area contributed by atoms with E-state index in [9.17, 15) is 4.79 Å². The molecule has 122 valence electrons. The summed E-state index contributed by atoms with van der Waals surface area (Å²) < 4.78 is 5.38. The number of ether oxygens (including phenoxy) is 1. The molecule has 5 nitrogen and oxygen atoms in total. The Bertz CT molecular complexity index is 654. The van der Waals surface area contributed by atoms with Crippen LogP contribution in [-0.4, -0.2) is 27.7 Å². The van der Waals surface area contributed by atoms with Crippen LogP contribution < -0.4 is 10.1 Å². The van der Waals surface area contributed by atoms with E-state index in [4.69, 9.17) is 4.74 Å². The summed E-state index contributed by atoms with van der Waals surface area (Å²) in [5, 5.41) is 3.46. The molecule has 1 aromatic carbocycles.